The van der Waals surface area contributed by atoms with Gasteiger partial charge in [0.05, 0.1) is 0 Å². The maximum absolute atomic E-state index is 12.2. The van der Waals surface area contributed by atoms with Gasteiger partial charge in [0.1, 0.15) is 0 Å². The quantitative estimate of drug-likeness (QED) is 0.920. The maximum Gasteiger partial charge on any atom is 0.452 e. The molecule has 90 valence electrons. The molecule has 0 saturated heterocycles. The fourth-order valence-corrected chi connectivity index (χ4v) is 1.77. The van der Waals surface area contributed by atoms with Crippen molar-refractivity contribution in [3.63, 3.8) is 0 Å². The van der Waals surface area contributed by atoms with E-state index in [1.165, 1.54) is 0 Å². The van der Waals surface area contributed by atoms with E-state index in [0.29, 0.717) is 18.1 Å². The van der Waals surface area contributed by atoms with Crippen LogP contribution in [-0.4, -0.2) is 9.36 Å². The summed E-state index contributed by atoms with van der Waals surface area (Å²) in [5.41, 5.74) is 0.969. The van der Waals surface area contributed by atoms with Crippen molar-refractivity contribution in [3.8, 4) is 0 Å². The molecule has 0 amide bonds. The third-order valence-electron chi connectivity index (χ3n) is 1.97. The van der Waals surface area contributed by atoms with E-state index in [4.69, 9.17) is 0 Å². The molecule has 0 aliphatic carbocycles. The fraction of sp³-hybridized carbons (Fsp3) is 0.200. The topological polar surface area (TPSA) is 37.8 Å². The number of nitrogens with one attached hydrogen (secondary N) is 1. The zero-order chi connectivity index (χ0) is 12.3. The Balaban J connectivity index is 1.99. The van der Waals surface area contributed by atoms with Gasteiger partial charge in [-0.3, -0.25) is 0 Å². The van der Waals surface area contributed by atoms with E-state index in [1.54, 1.807) is 0 Å². The smallest absolute Gasteiger partial charge is 0.356 e. The van der Waals surface area contributed by atoms with Crippen molar-refractivity contribution >= 4 is 16.7 Å². The van der Waals surface area contributed by atoms with Gasteiger partial charge in [0.25, 0.3) is 0 Å². The van der Waals surface area contributed by atoms with Gasteiger partial charge in [-0.15, -0.1) is 0 Å². The number of nitrogens with zero attached hydrogens (tertiary/aromatic N) is 2. The Bertz CT molecular complexity index is 481. The standard InChI is InChI=1S/C10H8F3N3S/c11-10(12,13)8-15-9(17-16-8)14-6-7-4-2-1-3-5-7/h1-5H,6H2,(H,14,15,16). The van der Waals surface area contributed by atoms with Gasteiger partial charge in [-0.25, -0.2) is 0 Å². The van der Waals surface area contributed by atoms with Gasteiger partial charge < -0.3 is 5.32 Å². The summed E-state index contributed by atoms with van der Waals surface area (Å²) in [5.74, 6) is -1.10. The third kappa shape index (κ3) is 3.16. The molecule has 1 aromatic carbocycles. The Morgan fingerprint density at radius 1 is 1.18 bits per heavy atom. The molecule has 0 fully saturated rings. The van der Waals surface area contributed by atoms with Crippen molar-refractivity contribution in [1.82, 2.24) is 9.36 Å². The first-order chi connectivity index (χ1) is 8.05. The first-order valence-electron chi connectivity index (χ1n) is 4.74. The van der Waals surface area contributed by atoms with E-state index < -0.39 is 12.0 Å². The number of aromatic nitrogens is 2. The van der Waals surface area contributed by atoms with Gasteiger partial charge in [0.15, 0.2) is 0 Å². The van der Waals surface area contributed by atoms with Gasteiger partial charge >= 0.3 is 6.18 Å². The average molecular weight is 259 g/mol. The number of hydrogen-bond acceptors (Lipinski definition) is 4. The lowest BCUT2D eigenvalue weighted by molar-refractivity contribution is -0.144. The molecule has 17 heavy (non-hydrogen) atoms. The predicted octanol–water partition coefficient (Wildman–Crippen LogP) is 3.17. The number of halogens is 3. The molecule has 7 heteroatoms. The molecule has 0 saturated carbocycles. The SMILES string of the molecule is FC(F)(F)c1nsc(NCc2ccccc2)n1. The largest absolute Gasteiger partial charge is 0.452 e. The van der Waals surface area contributed by atoms with Gasteiger partial charge in [-0.2, -0.15) is 22.5 Å². The van der Waals surface area contributed by atoms with E-state index in [-0.39, 0.29) is 5.13 Å². The van der Waals surface area contributed by atoms with Gasteiger partial charge in [0.2, 0.25) is 11.0 Å². The van der Waals surface area contributed by atoms with E-state index in [2.05, 4.69) is 14.7 Å². The van der Waals surface area contributed by atoms with Crippen molar-refractivity contribution < 1.29 is 13.2 Å². The van der Waals surface area contributed by atoms with Crippen molar-refractivity contribution in [2.75, 3.05) is 5.32 Å². The van der Waals surface area contributed by atoms with E-state index in [9.17, 15) is 13.2 Å². The Kier molecular flexibility index (Phi) is 3.28. The molecule has 1 heterocycles. The second-order valence-corrected chi connectivity index (χ2v) is 4.01. The van der Waals surface area contributed by atoms with Crippen molar-refractivity contribution in [2.24, 2.45) is 0 Å². The van der Waals surface area contributed by atoms with Crippen LogP contribution in [0.25, 0.3) is 0 Å². The Labute approximate surface area is 99.5 Å². The second kappa shape index (κ2) is 4.70. The normalized spacial score (nSPS) is 11.5. The number of benzene rings is 1. The Morgan fingerprint density at radius 2 is 1.88 bits per heavy atom. The molecule has 0 aliphatic rings. The van der Waals surface area contributed by atoms with Gasteiger partial charge in [-0.05, 0) is 5.56 Å². The predicted molar refractivity (Wildman–Crippen MR) is 58.7 cm³/mol. The molecule has 0 spiro atoms. The fourth-order valence-electron chi connectivity index (χ4n) is 1.18. The first kappa shape index (κ1) is 11.8. The highest BCUT2D eigenvalue weighted by atomic mass is 32.1. The number of alkyl halides is 3. The molecular formula is C10H8F3N3S. The van der Waals surface area contributed by atoms with Crippen LogP contribution in [0.3, 0.4) is 0 Å². The van der Waals surface area contributed by atoms with Gasteiger partial charge in [-0.1, -0.05) is 30.3 Å². The zero-order valence-corrected chi connectivity index (χ0v) is 9.35. The van der Waals surface area contributed by atoms with Crippen LogP contribution in [0, 0.1) is 0 Å². The molecule has 0 aliphatic heterocycles. The van der Waals surface area contributed by atoms with Crippen molar-refractivity contribution in [3.05, 3.63) is 41.7 Å². The maximum atomic E-state index is 12.2. The molecule has 1 N–H and O–H groups in total. The molecular weight excluding hydrogens is 251 g/mol. The van der Waals surface area contributed by atoms with E-state index in [1.807, 2.05) is 30.3 Å². The third-order valence-corrected chi connectivity index (χ3v) is 2.64. The summed E-state index contributed by atoms with van der Waals surface area (Å²) in [6.07, 6.45) is -4.48. The molecule has 0 unspecified atom stereocenters. The summed E-state index contributed by atoms with van der Waals surface area (Å²) in [7, 11) is 0. The van der Waals surface area contributed by atoms with Crippen LogP contribution >= 0.6 is 11.5 Å². The number of anilines is 1. The van der Waals surface area contributed by atoms with Crippen LogP contribution in [0.4, 0.5) is 18.3 Å². The minimum absolute atomic E-state index is 0.168. The molecule has 2 aromatic rings. The summed E-state index contributed by atoms with van der Waals surface area (Å²) >= 11 is 0.703. The van der Waals surface area contributed by atoms with Crippen LogP contribution in [0.5, 0.6) is 0 Å². The van der Waals surface area contributed by atoms with Crippen LogP contribution in [0.1, 0.15) is 11.4 Å². The number of hydrogen-bond donors (Lipinski definition) is 1. The monoisotopic (exact) mass is 259 g/mol. The van der Waals surface area contributed by atoms with Crippen molar-refractivity contribution in [2.45, 2.75) is 12.7 Å². The van der Waals surface area contributed by atoms with Crippen LogP contribution in [-0.2, 0) is 12.7 Å². The summed E-state index contributed by atoms with van der Waals surface area (Å²) in [6, 6.07) is 9.34. The summed E-state index contributed by atoms with van der Waals surface area (Å²) < 4.78 is 39.9. The highest BCUT2D eigenvalue weighted by Crippen LogP contribution is 2.28. The van der Waals surface area contributed by atoms with Gasteiger partial charge in [0, 0.05) is 18.1 Å². The first-order valence-corrected chi connectivity index (χ1v) is 5.52. The van der Waals surface area contributed by atoms with Crippen LogP contribution < -0.4 is 5.32 Å². The molecule has 0 bridgehead atoms. The summed E-state index contributed by atoms with van der Waals surface area (Å²) in [4.78, 5) is 3.37. The minimum atomic E-state index is -4.48. The minimum Gasteiger partial charge on any atom is -0.356 e. The molecule has 0 atom stereocenters. The molecule has 3 nitrogen and oxygen atoms in total. The summed E-state index contributed by atoms with van der Waals surface area (Å²) in [6.45, 7) is 0.424. The summed E-state index contributed by atoms with van der Waals surface area (Å²) in [5, 5.41) is 2.97. The highest BCUT2D eigenvalue weighted by Gasteiger charge is 2.36. The van der Waals surface area contributed by atoms with Crippen molar-refractivity contribution in [1.29, 1.82) is 0 Å². The molecule has 0 radical (unpaired) electrons. The zero-order valence-electron chi connectivity index (χ0n) is 8.53. The van der Waals surface area contributed by atoms with E-state index >= 15 is 0 Å². The molecule has 1 aromatic heterocycles. The number of rotatable bonds is 3. The average Bonchev–Trinajstić information content (AvgIpc) is 2.76. The van der Waals surface area contributed by atoms with Crippen LogP contribution in [0.15, 0.2) is 30.3 Å². The highest BCUT2D eigenvalue weighted by molar-refractivity contribution is 7.09. The van der Waals surface area contributed by atoms with E-state index in [0.717, 1.165) is 5.56 Å². The van der Waals surface area contributed by atoms with Crippen LogP contribution in [0.2, 0.25) is 0 Å². The lowest BCUT2D eigenvalue weighted by Crippen LogP contribution is -2.07. The lowest BCUT2D eigenvalue weighted by Gasteiger charge is -2.01. The Morgan fingerprint density at radius 3 is 2.47 bits per heavy atom. The second-order valence-electron chi connectivity index (χ2n) is 3.26. The molecule has 2 rings (SSSR count). The lowest BCUT2D eigenvalue weighted by atomic mass is 10.2. The Hall–Kier alpha value is -1.63.